The molecule has 3 rings (SSSR count). The fourth-order valence-corrected chi connectivity index (χ4v) is 5.26. The molecule has 0 bridgehead atoms. The van der Waals surface area contributed by atoms with Gasteiger partial charge >= 0.3 is 6.09 Å². The van der Waals surface area contributed by atoms with Gasteiger partial charge in [0, 0.05) is 42.7 Å². The number of aromatic nitrogens is 1. The molecule has 1 aromatic heterocycles. The highest BCUT2D eigenvalue weighted by Crippen LogP contribution is 2.35. The number of pyridine rings is 1. The van der Waals surface area contributed by atoms with Gasteiger partial charge in [0.1, 0.15) is 11.4 Å². The second kappa shape index (κ2) is 10.0. The zero-order valence-corrected chi connectivity index (χ0v) is 22.3. The minimum atomic E-state index is -3.31. The molecular weight excluding hydrogens is 468 g/mol. The molecule has 1 aromatic carbocycles. The number of benzene rings is 1. The number of ether oxygens (including phenoxy) is 2. The summed E-state index contributed by atoms with van der Waals surface area (Å²) in [5.74, 6) is 0.771. The van der Waals surface area contributed by atoms with Crippen LogP contribution in [0.15, 0.2) is 52.3 Å². The first-order valence-electron chi connectivity index (χ1n) is 11.9. The predicted molar refractivity (Wildman–Crippen MR) is 135 cm³/mol. The van der Waals surface area contributed by atoms with Gasteiger partial charge in [-0.15, -0.1) is 0 Å². The Morgan fingerprint density at radius 1 is 1.14 bits per heavy atom. The second-order valence-electron chi connectivity index (χ2n) is 10.3. The molecule has 3 unspecified atom stereocenters. The van der Waals surface area contributed by atoms with Crippen molar-refractivity contribution in [2.75, 3.05) is 6.26 Å². The van der Waals surface area contributed by atoms with Gasteiger partial charge in [-0.3, -0.25) is 9.36 Å². The van der Waals surface area contributed by atoms with Gasteiger partial charge in [-0.1, -0.05) is 6.92 Å². The molecule has 3 atom stereocenters. The average molecular weight is 505 g/mol. The van der Waals surface area contributed by atoms with Crippen LogP contribution < -0.4 is 10.3 Å². The summed E-state index contributed by atoms with van der Waals surface area (Å²) in [6.07, 6.45) is 3.69. The normalized spacial score (nSPS) is 20.8. The van der Waals surface area contributed by atoms with Crippen molar-refractivity contribution in [3.8, 4) is 11.4 Å². The van der Waals surface area contributed by atoms with Crippen LogP contribution in [0.25, 0.3) is 5.69 Å². The SMILES string of the molecule is CC(C)OC(=O)N1C(CC(C)(C)Oc2ccn(-c3ccc(S(C)(=O)=O)cc3)c(=O)c2)CC(C)C1C. The van der Waals surface area contributed by atoms with Crippen LogP contribution in [0, 0.1) is 5.92 Å². The summed E-state index contributed by atoms with van der Waals surface area (Å²) in [6, 6.07) is 9.30. The van der Waals surface area contributed by atoms with Crippen LogP contribution in [0.4, 0.5) is 4.79 Å². The van der Waals surface area contributed by atoms with Crippen LogP contribution >= 0.6 is 0 Å². The highest BCUT2D eigenvalue weighted by atomic mass is 32.2. The Morgan fingerprint density at radius 2 is 1.77 bits per heavy atom. The van der Waals surface area contributed by atoms with E-state index in [0.717, 1.165) is 12.7 Å². The van der Waals surface area contributed by atoms with E-state index in [1.54, 1.807) is 24.4 Å². The van der Waals surface area contributed by atoms with Gasteiger partial charge in [-0.2, -0.15) is 0 Å². The fourth-order valence-electron chi connectivity index (χ4n) is 4.63. The molecule has 0 radical (unpaired) electrons. The van der Waals surface area contributed by atoms with E-state index in [4.69, 9.17) is 9.47 Å². The van der Waals surface area contributed by atoms with Crippen molar-refractivity contribution in [2.45, 2.75) is 83.1 Å². The third kappa shape index (κ3) is 6.45. The minimum absolute atomic E-state index is 0.0324. The molecule has 1 amide bonds. The molecule has 0 aliphatic carbocycles. The number of rotatable bonds is 7. The number of hydrogen-bond donors (Lipinski definition) is 0. The lowest BCUT2D eigenvalue weighted by Crippen LogP contribution is -2.45. The summed E-state index contributed by atoms with van der Waals surface area (Å²) < 4.78 is 36.5. The zero-order valence-electron chi connectivity index (χ0n) is 21.5. The van der Waals surface area contributed by atoms with E-state index in [-0.39, 0.29) is 34.7 Å². The number of amides is 1. The van der Waals surface area contributed by atoms with Crippen molar-refractivity contribution >= 4 is 15.9 Å². The first kappa shape index (κ1) is 26.8. The number of likely N-dealkylation sites (tertiary alicyclic amines) is 1. The molecule has 1 aliphatic rings. The Morgan fingerprint density at radius 3 is 2.31 bits per heavy atom. The van der Waals surface area contributed by atoms with E-state index < -0.39 is 15.4 Å². The average Bonchev–Trinajstić information content (AvgIpc) is 2.99. The van der Waals surface area contributed by atoms with E-state index in [2.05, 4.69) is 6.92 Å². The van der Waals surface area contributed by atoms with Gasteiger partial charge in [0.25, 0.3) is 5.56 Å². The molecule has 1 fully saturated rings. The van der Waals surface area contributed by atoms with Gasteiger partial charge < -0.3 is 14.4 Å². The molecule has 0 spiro atoms. The lowest BCUT2D eigenvalue weighted by Gasteiger charge is -2.34. The Labute approximate surface area is 207 Å². The third-order valence-electron chi connectivity index (χ3n) is 6.40. The number of hydrogen-bond acceptors (Lipinski definition) is 6. The summed E-state index contributed by atoms with van der Waals surface area (Å²) in [6.45, 7) is 11.8. The Hall–Kier alpha value is -2.81. The van der Waals surface area contributed by atoms with Crippen molar-refractivity contribution in [3.63, 3.8) is 0 Å². The van der Waals surface area contributed by atoms with Gasteiger partial charge in [0.05, 0.1) is 11.0 Å². The van der Waals surface area contributed by atoms with Gasteiger partial charge in [-0.05, 0) is 77.3 Å². The second-order valence-corrected chi connectivity index (χ2v) is 12.4. The molecule has 1 aliphatic heterocycles. The van der Waals surface area contributed by atoms with Crippen LogP contribution in [0.5, 0.6) is 5.75 Å². The summed E-state index contributed by atoms with van der Waals surface area (Å²) in [7, 11) is -3.31. The van der Waals surface area contributed by atoms with Crippen LogP contribution in [-0.4, -0.2) is 54.0 Å². The van der Waals surface area contributed by atoms with Crippen molar-refractivity contribution in [1.29, 1.82) is 0 Å². The standard InChI is InChI=1S/C26H36N2O6S/c1-17(2)33-25(30)28-19(4)18(3)14-21(28)16-26(5,6)34-22-12-13-27(24(29)15-22)20-8-10-23(11-9-20)35(7,31)32/h8-13,15,17-19,21H,14,16H2,1-7H3. The Kier molecular flexibility index (Phi) is 7.69. The monoisotopic (exact) mass is 504 g/mol. The topological polar surface area (TPSA) is 94.9 Å². The van der Waals surface area contributed by atoms with Gasteiger partial charge in [0.15, 0.2) is 9.84 Å². The fraction of sp³-hybridized carbons (Fsp3) is 0.538. The van der Waals surface area contributed by atoms with E-state index >= 15 is 0 Å². The molecule has 0 N–H and O–H groups in total. The van der Waals surface area contributed by atoms with Crippen LogP contribution in [0.2, 0.25) is 0 Å². The molecular formula is C26H36N2O6S. The summed E-state index contributed by atoms with van der Waals surface area (Å²) in [5.41, 5.74) is -0.377. The quantitative estimate of drug-likeness (QED) is 0.554. The van der Waals surface area contributed by atoms with E-state index in [0.29, 0.717) is 23.8 Å². The Balaban J connectivity index is 1.75. The Bertz CT molecular complexity index is 1220. The lowest BCUT2D eigenvalue weighted by molar-refractivity contribution is 0.0367. The van der Waals surface area contributed by atoms with Crippen LogP contribution in [0.1, 0.15) is 54.4 Å². The van der Waals surface area contributed by atoms with E-state index in [9.17, 15) is 18.0 Å². The number of carbonyl (C=O) groups excluding carboxylic acids is 1. The van der Waals surface area contributed by atoms with Crippen LogP contribution in [0.3, 0.4) is 0 Å². The first-order valence-corrected chi connectivity index (χ1v) is 13.8. The van der Waals surface area contributed by atoms with Gasteiger partial charge in [-0.25, -0.2) is 13.2 Å². The molecule has 192 valence electrons. The molecule has 2 aromatic rings. The predicted octanol–water partition coefficient (Wildman–Crippen LogP) is 4.43. The number of nitrogens with zero attached hydrogens (tertiary/aromatic N) is 2. The largest absolute Gasteiger partial charge is 0.488 e. The summed E-state index contributed by atoms with van der Waals surface area (Å²) in [4.78, 5) is 27.5. The van der Waals surface area contributed by atoms with Crippen molar-refractivity contribution in [3.05, 3.63) is 52.9 Å². The van der Waals surface area contributed by atoms with Gasteiger partial charge in [0.2, 0.25) is 0 Å². The molecule has 8 nitrogen and oxygen atoms in total. The molecule has 35 heavy (non-hydrogen) atoms. The van der Waals surface area contributed by atoms with E-state index in [1.165, 1.54) is 22.8 Å². The lowest BCUT2D eigenvalue weighted by atomic mass is 9.94. The van der Waals surface area contributed by atoms with Crippen molar-refractivity contribution < 1.29 is 22.7 Å². The zero-order chi connectivity index (χ0) is 26.1. The first-order chi connectivity index (χ1) is 16.2. The summed E-state index contributed by atoms with van der Waals surface area (Å²) in [5, 5.41) is 0. The molecule has 0 saturated carbocycles. The third-order valence-corrected chi connectivity index (χ3v) is 7.53. The molecule has 1 saturated heterocycles. The highest BCUT2D eigenvalue weighted by Gasteiger charge is 2.43. The smallest absolute Gasteiger partial charge is 0.410 e. The van der Waals surface area contributed by atoms with Crippen molar-refractivity contribution in [1.82, 2.24) is 9.47 Å². The van der Waals surface area contributed by atoms with Crippen LogP contribution in [-0.2, 0) is 14.6 Å². The maximum absolute atomic E-state index is 12.8. The molecule has 9 heteroatoms. The maximum Gasteiger partial charge on any atom is 0.410 e. The maximum atomic E-state index is 12.8. The number of carbonyl (C=O) groups is 1. The number of sulfone groups is 1. The summed E-state index contributed by atoms with van der Waals surface area (Å²) >= 11 is 0. The highest BCUT2D eigenvalue weighted by molar-refractivity contribution is 7.90. The molecule has 2 heterocycles. The van der Waals surface area contributed by atoms with Crippen molar-refractivity contribution in [2.24, 2.45) is 5.92 Å². The van der Waals surface area contributed by atoms with E-state index in [1.807, 2.05) is 39.5 Å². The minimum Gasteiger partial charge on any atom is -0.488 e.